The second kappa shape index (κ2) is 12.7. The molecule has 0 aliphatic carbocycles. The lowest BCUT2D eigenvalue weighted by Gasteiger charge is -2.30. The van der Waals surface area contributed by atoms with E-state index in [1.807, 2.05) is 0 Å². The Hall–Kier alpha value is -6.18. The van der Waals surface area contributed by atoms with Gasteiger partial charge in [-0.25, -0.2) is 0 Å². The molecule has 0 atom stereocenters. The first-order valence-corrected chi connectivity index (χ1v) is 16.1. The minimum absolute atomic E-state index is 1.10. The summed E-state index contributed by atoms with van der Waals surface area (Å²) in [5, 5.41) is 2.49. The summed E-state index contributed by atoms with van der Waals surface area (Å²) in [6.07, 6.45) is 0. The zero-order chi connectivity index (χ0) is 31.4. The molecule has 0 saturated carbocycles. The molecule has 0 spiro atoms. The molecule has 1 nitrogen and oxygen atoms in total. The summed E-state index contributed by atoms with van der Waals surface area (Å²) in [6, 6.07) is 71.9. The highest BCUT2D eigenvalue weighted by atomic mass is 15.1. The molecule has 0 radical (unpaired) electrons. The van der Waals surface area contributed by atoms with Crippen molar-refractivity contribution in [3.8, 4) is 44.5 Å². The third kappa shape index (κ3) is 5.60. The van der Waals surface area contributed by atoms with Crippen LogP contribution in [0.2, 0.25) is 0 Å². The van der Waals surface area contributed by atoms with Crippen LogP contribution in [0, 0.1) is 0 Å². The van der Waals surface area contributed by atoms with E-state index in [9.17, 15) is 0 Å². The van der Waals surface area contributed by atoms with E-state index in [0.717, 1.165) is 17.1 Å². The minimum Gasteiger partial charge on any atom is -0.309 e. The summed E-state index contributed by atoms with van der Waals surface area (Å²) in [6.45, 7) is 0. The Morgan fingerprint density at radius 2 is 0.745 bits per heavy atom. The number of para-hydroxylation sites is 2. The Morgan fingerprint density at radius 3 is 1.47 bits per heavy atom. The van der Waals surface area contributed by atoms with E-state index in [4.69, 9.17) is 0 Å². The molecule has 47 heavy (non-hydrogen) atoms. The van der Waals surface area contributed by atoms with Crippen molar-refractivity contribution >= 4 is 27.8 Å². The average Bonchev–Trinajstić information content (AvgIpc) is 3.16. The highest BCUT2D eigenvalue weighted by Gasteiger charge is 2.21. The van der Waals surface area contributed by atoms with Crippen molar-refractivity contribution in [3.63, 3.8) is 0 Å². The predicted octanol–water partition coefficient (Wildman–Crippen LogP) is 13.0. The number of hydrogen-bond donors (Lipinski definition) is 0. The van der Waals surface area contributed by atoms with Crippen LogP contribution in [-0.2, 0) is 0 Å². The van der Waals surface area contributed by atoms with E-state index in [0.29, 0.717) is 0 Å². The molecule has 0 fully saturated rings. The second-order valence-corrected chi connectivity index (χ2v) is 11.8. The molecule has 0 unspecified atom stereocenters. The van der Waals surface area contributed by atoms with Crippen LogP contribution in [0.25, 0.3) is 55.3 Å². The Bertz CT molecular complexity index is 2300. The normalized spacial score (nSPS) is 11.0. The van der Waals surface area contributed by atoms with Crippen LogP contribution in [0.15, 0.2) is 200 Å². The average molecular weight is 600 g/mol. The van der Waals surface area contributed by atoms with Gasteiger partial charge >= 0.3 is 0 Å². The summed E-state index contributed by atoms with van der Waals surface area (Å²) in [7, 11) is 0. The van der Waals surface area contributed by atoms with Gasteiger partial charge in [-0.1, -0.05) is 170 Å². The van der Waals surface area contributed by atoms with Gasteiger partial charge in [0.15, 0.2) is 0 Å². The van der Waals surface area contributed by atoms with E-state index in [-0.39, 0.29) is 0 Å². The Labute approximate surface area is 276 Å². The third-order valence-electron chi connectivity index (χ3n) is 8.86. The predicted molar refractivity (Wildman–Crippen MR) is 200 cm³/mol. The van der Waals surface area contributed by atoms with Gasteiger partial charge in [-0.05, 0) is 74.5 Å². The first kappa shape index (κ1) is 28.3. The van der Waals surface area contributed by atoms with Crippen LogP contribution in [0.4, 0.5) is 17.1 Å². The molecular formula is C46H33N. The molecule has 0 aliphatic heterocycles. The van der Waals surface area contributed by atoms with E-state index >= 15 is 0 Å². The zero-order valence-electron chi connectivity index (χ0n) is 26.0. The van der Waals surface area contributed by atoms with Crippen LogP contribution in [0.1, 0.15) is 0 Å². The number of rotatable bonds is 7. The number of nitrogens with zero attached hydrogens (tertiary/aromatic N) is 1. The molecule has 0 aliphatic rings. The Morgan fingerprint density at radius 1 is 0.255 bits per heavy atom. The van der Waals surface area contributed by atoms with Gasteiger partial charge in [0.25, 0.3) is 0 Å². The molecule has 222 valence electrons. The molecule has 0 heterocycles. The minimum atomic E-state index is 1.10. The van der Waals surface area contributed by atoms with E-state index in [1.165, 1.54) is 55.3 Å². The molecule has 0 N–H and O–H groups in total. The van der Waals surface area contributed by atoms with Crippen molar-refractivity contribution in [2.24, 2.45) is 0 Å². The summed E-state index contributed by atoms with van der Waals surface area (Å²) in [4.78, 5) is 2.43. The van der Waals surface area contributed by atoms with Gasteiger partial charge in [-0.3, -0.25) is 0 Å². The largest absolute Gasteiger partial charge is 0.309 e. The second-order valence-electron chi connectivity index (χ2n) is 11.8. The SMILES string of the molecule is c1ccc(-c2ccccc2-c2ccccc2N(c2cccc(-c3ccc4ccccc4c3)c2)c2ccccc2-c2ccccc2)cc1. The summed E-state index contributed by atoms with van der Waals surface area (Å²) in [5.41, 5.74) is 12.9. The van der Waals surface area contributed by atoms with E-state index in [1.54, 1.807) is 0 Å². The molecular weight excluding hydrogens is 567 g/mol. The first-order chi connectivity index (χ1) is 23.3. The van der Waals surface area contributed by atoms with Gasteiger partial charge in [0, 0.05) is 16.8 Å². The lowest BCUT2D eigenvalue weighted by molar-refractivity contribution is 1.28. The number of benzene rings is 8. The lowest BCUT2D eigenvalue weighted by Crippen LogP contribution is -2.12. The van der Waals surface area contributed by atoms with Crippen LogP contribution in [0.3, 0.4) is 0 Å². The molecule has 8 rings (SSSR count). The fourth-order valence-electron chi connectivity index (χ4n) is 6.62. The van der Waals surface area contributed by atoms with Gasteiger partial charge in [-0.15, -0.1) is 0 Å². The third-order valence-corrected chi connectivity index (χ3v) is 8.86. The molecule has 0 amide bonds. The van der Waals surface area contributed by atoms with Crippen molar-refractivity contribution in [2.75, 3.05) is 4.90 Å². The van der Waals surface area contributed by atoms with Crippen molar-refractivity contribution in [1.82, 2.24) is 0 Å². The Balaban J connectivity index is 1.36. The van der Waals surface area contributed by atoms with Crippen molar-refractivity contribution in [1.29, 1.82) is 0 Å². The van der Waals surface area contributed by atoms with E-state index < -0.39 is 0 Å². The fraction of sp³-hybridized carbons (Fsp3) is 0. The van der Waals surface area contributed by atoms with E-state index in [2.05, 4.69) is 205 Å². The smallest absolute Gasteiger partial charge is 0.0540 e. The molecule has 0 bridgehead atoms. The summed E-state index contributed by atoms with van der Waals surface area (Å²) >= 11 is 0. The van der Waals surface area contributed by atoms with Crippen LogP contribution in [0.5, 0.6) is 0 Å². The van der Waals surface area contributed by atoms with Gasteiger partial charge < -0.3 is 4.90 Å². The molecule has 0 saturated heterocycles. The summed E-state index contributed by atoms with van der Waals surface area (Å²) < 4.78 is 0. The monoisotopic (exact) mass is 599 g/mol. The number of fused-ring (bicyclic) bond motifs is 1. The highest BCUT2D eigenvalue weighted by molar-refractivity contribution is 5.97. The van der Waals surface area contributed by atoms with Crippen LogP contribution in [-0.4, -0.2) is 0 Å². The maximum absolute atomic E-state index is 2.43. The van der Waals surface area contributed by atoms with Gasteiger partial charge in [0.2, 0.25) is 0 Å². The summed E-state index contributed by atoms with van der Waals surface area (Å²) in [5.74, 6) is 0. The van der Waals surface area contributed by atoms with Crippen LogP contribution >= 0.6 is 0 Å². The maximum atomic E-state index is 2.43. The topological polar surface area (TPSA) is 3.24 Å². The maximum Gasteiger partial charge on any atom is 0.0540 e. The molecule has 8 aromatic carbocycles. The number of anilines is 3. The fourth-order valence-corrected chi connectivity index (χ4v) is 6.62. The molecule has 8 aromatic rings. The lowest BCUT2D eigenvalue weighted by atomic mass is 9.92. The van der Waals surface area contributed by atoms with Gasteiger partial charge in [0.05, 0.1) is 11.4 Å². The molecule has 1 heteroatoms. The Kier molecular flexibility index (Phi) is 7.63. The standard InChI is InChI=1S/C46H33N/c1-3-17-35(18-4-1)41-24-9-10-26-43(41)44-27-12-14-29-46(44)47(45-28-13-11-25-42(45)36-19-5-2-6-20-36)40-23-15-22-38(33-40)39-31-30-34-16-7-8-21-37(34)32-39/h1-33H. The van der Waals surface area contributed by atoms with Gasteiger partial charge in [-0.2, -0.15) is 0 Å². The van der Waals surface area contributed by atoms with Crippen LogP contribution < -0.4 is 4.90 Å². The van der Waals surface area contributed by atoms with Crippen molar-refractivity contribution in [3.05, 3.63) is 200 Å². The quantitative estimate of drug-likeness (QED) is 0.176. The first-order valence-electron chi connectivity index (χ1n) is 16.1. The number of hydrogen-bond acceptors (Lipinski definition) is 1. The van der Waals surface area contributed by atoms with Crippen molar-refractivity contribution in [2.45, 2.75) is 0 Å². The highest BCUT2D eigenvalue weighted by Crippen LogP contribution is 2.46. The van der Waals surface area contributed by atoms with Crippen molar-refractivity contribution < 1.29 is 0 Å². The zero-order valence-corrected chi connectivity index (χ0v) is 26.0. The van der Waals surface area contributed by atoms with Gasteiger partial charge in [0.1, 0.15) is 0 Å². The molecule has 0 aromatic heterocycles.